The maximum atomic E-state index is 13.1. The molecule has 0 saturated carbocycles. The lowest BCUT2D eigenvalue weighted by atomic mass is 10.1. The van der Waals surface area contributed by atoms with Gasteiger partial charge in [0.15, 0.2) is 10.9 Å². The molecule has 2 N–H and O–H groups in total. The number of nitrogens with zero attached hydrogens (tertiary/aromatic N) is 6. The zero-order valence-electron chi connectivity index (χ0n) is 22.4. The molecule has 5 heterocycles. The first kappa shape index (κ1) is 26.8. The normalized spacial score (nSPS) is 14.9. The number of aromatic nitrogens is 5. The predicted molar refractivity (Wildman–Crippen MR) is 148 cm³/mol. The molecule has 4 aromatic rings. The summed E-state index contributed by atoms with van der Waals surface area (Å²) in [7, 11) is 1.48. The number of morpholine rings is 1. The van der Waals surface area contributed by atoms with Crippen molar-refractivity contribution in [2.75, 3.05) is 50.2 Å². The van der Waals surface area contributed by atoms with Crippen molar-refractivity contribution in [3.05, 3.63) is 48.0 Å². The maximum absolute atomic E-state index is 13.1. The Morgan fingerprint density at radius 1 is 1.23 bits per heavy atom. The molecule has 206 valence electrons. The number of carbonyl (C=O) groups excluding carboxylic acids is 2. The second-order valence-corrected chi connectivity index (χ2v) is 11.1. The van der Waals surface area contributed by atoms with Gasteiger partial charge in [0.1, 0.15) is 17.9 Å². The number of hydrogen-bond acceptors (Lipinski definition) is 9. The van der Waals surface area contributed by atoms with Gasteiger partial charge in [-0.25, -0.2) is 14.5 Å². The number of thiazole rings is 1. The van der Waals surface area contributed by atoms with Crippen LogP contribution in [0.25, 0.3) is 16.8 Å². The van der Waals surface area contributed by atoms with Crippen molar-refractivity contribution < 1.29 is 19.1 Å². The molecule has 1 saturated heterocycles. The van der Waals surface area contributed by atoms with E-state index in [4.69, 9.17) is 9.47 Å². The maximum Gasteiger partial charge on any atom is 0.253 e. The van der Waals surface area contributed by atoms with E-state index in [1.807, 2.05) is 49.2 Å². The molecule has 2 amide bonds. The van der Waals surface area contributed by atoms with Crippen molar-refractivity contribution in [3.8, 4) is 11.3 Å². The molecule has 12 nitrogen and oxygen atoms in total. The molecule has 13 heteroatoms. The molecule has 39 heavy (non-hydrogen) atoms. The topological polar surface area (TPSA) is 128 Å². The molecule has 1 aliphatic rings. The van der Waals surface area contributed by atoms with E-state index in [1.165, 1.54) is 24.8 Å². The molecule has 1 atom stereocenters. The van der Waals surface area contributed by atoms with Crippen LogP contribution in [-0.4, -0.2) is 82.0 Å². The molecular formula is C26H32N8O4S. The summed E-state index contributed by atoms with van der Waals surface area (Å²) in [6.07, 6.45) is 7.04. The number of fused-ring (bicyclic) bond motifs is 1. The van der Waals surface area contributed by atoms with Gasteiger partial charge in [-0.05, 0) is 32.9 Å². The van der Waals surface area contributed by atoms with Crippen LogP contribution in [0.15, 0.2) is 42.4 Å². The quantitative estimate of drug-likeness (QED) is 0.342. The van der Waals surface area contributed by atoms with E-state index in [0.717, 1.165) is 30.0 Å². The lowest BCUT2D eigenvalue weighted by Crippen LogP contribution is -2.46. The number of nitrogens with one attached hydrogen (secondary N) is 2. The van der Waals surface area contributed by atoms with Gasteiger partial charge in [-0.2, -0.15) is 5.10 Å². The molecule has 1 aliphatic heterocycles. The number of rotatable bonds is 8. The van der Waals surface area contributed by atoms with E-state index in [9.17, 15) is 9.59 Å². The zero-order valence-corrected chi connectivity index (χ0v) is 23.2. The molecule has 0 unspecified atom stereocenters. The molecule has 1 fully saturated rings. The monoisotopic (exact) mass is 552 g/mol. The van der Waals surface area contributed by atoms with Crippen LogP contribution in [0.1, 0.15) is 31.1 Å². The number of ether oxygens (including phenoxy) is 2. The first-order valence-corrected chi connectivity index (χ1v) is 13.5. The lowest BCUT2D eigenvalue weighted by molar-refractivity contribution is -0.119. The smallest absolute Gasteiger partial charge is 0.253 e. The van der Waals surface area contributed by atoms with Crippen molar-refractivity contribution in [1.29, 1.82) is 0 Å². The second-order valence-electron chi connectivity index (χ2n) is 10.2. The van der Waals surface area contributed by atoms with Crippen molar-refractivity contribution in [2.24, 2.45) is 0 Å². The summed E-state index contributed by atoms with van der Waals surface area (Å²) in [4.78, 5) is 37.2. The van der Waals surface area contributed by atoms with Crippen LogP contribution < -0.4 is 15.5 Å². The van der Waals surface area contributed by atoms with Gasteiger partial charge in [-0.15, -0.1) is 11.3 Å². The van der Waals surface area contributed by atoms with Gasteiger partial charge in [0.05, 0.1) is 31.1 Å². The van der Waals surface area contributed by atoms with Crippen LogP contribution in [0.5, 0.6) is 0 Å². The minimum absolute atomic E-state index is 0.0175. The van der Waals surface area contributed by atoms with Crippen molar-refractivity contribution in [3.63, 3.8) is 0 Å². The highest BCUT2D eigenvalue weighted by Gasteiger charge is 2.24. The Kier molecular flexibility index (Phi) is 7.64. The third kappa shape index (κ3) is 5.95. The number of amides is 2. The molecule has 4 aromatic heterocycles. The number of hydrogen-bond donors (Lipinski definition) is 2. The minimum atomic E-state index is -0.892. The summed E-state index contributed by atoms with van der Waals surface area (Å²) in [6, 6.07) is 2.83. The fraction of sp³-hybridized carbons (Fsp3) is 0.423. The molecule has 0 bridgehead atoms. The summed E-state index contributed by atoms with van der Waals surface area (Å²) in [5.41, 5.74) is 2.73. The molecule has 5 rings (SSSR count). The van der Waals surface area contributed by atoms with Crippen LogP contribution in [0, 0.1) is 0 Å². The molecule has 0 spiro atoms. The second kappa shape index (κ2) is 11.1. The van der Waals surface area contributed by atoms with Gasteiger partial charge < -0.3 is 29.6 Å². The van der Waals surface area contributed by atoms with Gasteiger partial charge in [-0.3, -0.25) is 9.59 Å². The predicted octanol–water partition coefficient (Wildman–Crippen LogP) is 2.63. The van der Waals surface area contributed by atoms with Gasteiger partial charge in [0.25, 0.3) is 11.8 Å². The van der Waals surface area contributed by atoms with E-state index in [0.29, 0.717) is 29.6 Å². The Bertz CT molecular complexity index is 1460. The van der Waals surface area contributed by atoms with Crippen LogP contribution in [0.2, 0.25) is 0 Å². The van der Waals surface area contributed by atoms with E-state index in [-0.39, 0.29) is 18.1 Å². The van der Waals surface area contributed by atoms with E-state index in [1.54, 1.807) is 16.8 Å². The van der Waals surface area contributed by atoms with Crippen LogP contribution in [-0.2, 0) is 19.8 Å². The van der Waals surface area contributed by atoms with Crippen LogP contribution >= 0.6 is 11.3 Å². The average Bonchev–Trinajstić information content (AvgIpc) is 3.68. The molecule has 0 aromatic carbocycles. The Hall–Kier alpha value is -3.81. The third-order valence-corrected chi connectivity index (χ3v) is 7.17. The molecule has 0 aliphatic carbocycles. The Labute approximate surface area is 229 Å². The first-order valence-electron chi connectivity index (χ1n) is 12.6. The third-order valence-electron chi connectivity index (χ3n) is 6.41. The SMILES string of the molecule is COC[C@H](NC(=O)c1ccn(C(C)(C)C)c1)C(=O)Nc1nc(-c2cc3c(N4CCOCC4)ncnn3c2)cs1. The minimum Gasteiger partial charge on any atom is -0.382 e. The zero-order chi connectivity index (χ0) is 27.6. The lowest BCUT2D eigenvalue weighted by Gasteiger charge is -2.27. The molecular weight excluding hydrogens is 520 g/mol. The van der Waals surface area contributed by atoms with E-state index < -0.39 is 11.9 Å². The Morgan fingerprint density at radius 3 is 2.74 bits per heavy atom. The van der Waals surface area contributed by atoms with Crippen molar-refractivity contribution in [1.82, 2.24) is 29.5 Å². The van der Waals surface area contributed by atoms with E-state index >= 15 is 0 Å². The highest BCUT2D eigenvalue weighted by molar-refractivity contribution is 7.14. The first-order chi connectivity index (χ1) is 18.7. The Morgan fingerprint density at radius 2 is 2.03 bits per heavy atom. The highest BCUT2D eigenvalue weighted by atomic mass is 32.1. The van der Waals surface area contributed by atoms with Gasteiger partial charge in [0, 0.05) is 55.3 Å². The fourth-order valence-electron chi connectivity index (χ4n) is 4.27. The summed E-state index contributed by atoms with van der Waals surface area (Å²) < 4.78 is 14.4. The highest BCUT2D eigenvalue weighted by Crippen LogP contribution is 2.29. The van der Waals surface area contributed by atoms with Crippen molar-refractivity contribution in [2.45, 2.75) is 32.4 Å². The van der Waals surface area contributed by atoms with Gasteiger partial charge in [-0.1, -0.05) is 0 Å². The van der Waals surface area contributed by atoms with Gasteiger partial charge >= 0.3 is 0 Å². The van der Waals surface area contributed by atoms with E-state index in [2.05, 4.69) is 30.6 Å². The average molecular weight is 553 g/mol. The van der Waals surface area contributed by atoms with Crippen molar-refractivity contribution >= 4 is 39.6 Å². The van der Waals surface area contributed by atoms with Crippen LogP contribution in [0.3, 0.4) is 0 Å². The summed E-state index contributed by atoms with van der Waals surface area (Å²) >= 11 is 1.30. The number of methoxy groups -OCH3 is 1. The summed E-state index contributed by atoms with van der Waals surface area (Å²) in [5, 5.41) is 12.2. The number of anilines is 2. The summed E-state index contributed by atoms with van der Waals surface area (Å²) in [5.74, 6) is 0.0795. The largest absolute Gasteiger partial charge is 0.382 e. The standard InChI is InChI=1S/C26H32N8O4S/c1-26(2,3)33-6-5-17(12-33)23(35)29-19(14-37-4)24(36)31-25-30-20(15-39-25)18-11-21-22(27-16-28-34(21)13-18)32-7-9-38-10-8-32/h5-6,11-13,15-16,19H,7-10,14H2,1-4H3,(H,29,35)(H,30,31,36)/t19-/m0/s1. The van der Waals surface area contributed by atoms with Gasteiger partial charge in [0.2, 0.25) is 0 Å². The Balaban J connectivity index is 1.28. The number of carbonyl (C=O) groups is 2. The van der Waals surface area contributed by atoms with Crippen LogP contribution in [0.4, 0.5) is 10.9 Å². The summed E-state index contributed by atoms with van der Waals surface area (Å²) in [6.45, 7) is 9.01. The molecule has 0 radical (unpaired) electrons. The fourth-order valence-corrected chi connectivity index (χ4v) is 4.99.